The van der Waals surface area contributed by atoms with E-state index in [0.717, 1.165) is 22.2 Å². The van der Waals surface area contributed by atoms with E-state index in [1.165, 1.54) is 23.3 Å². The average molecular weight is 420 g/mol. The number of aromatic hydroxyl groups is 1. The van der Waals surface area contributed by atoms with Crippen LogP contribution in [-0.2, 0) is 0 Å². The summed E-state index contributed by atoms with van der Waals surface area (Å²) in [6, 6.07) is 4.48. The largest absolute Gasteiger partial charge is 0.504 e. The summed E-state index contributed by atoms with van der Waals surface area (Å²) in [6.45, 7) is 7.66. The van der Waals surface area contributed by atoms with Crippen LogP contribution in [0.15, 0.2) is 22.4 Å². The predicted octanol–water partition coefficient (Wildman–Crippen LogP) is 6.06. The minimum atomic E-state index is -0.500. The van der Waals surface area contributed by atoms with E-state index < -0.39 is 6.03 Å². The third-order valence-electron chi connectivity index (χ3n) is 3.38. The van der Waals surface area contributed by atoms with Crippen LogP contribution in [0.5, 0.6) is 5.75 Å². The Labute approximate surface area is 165 Å². The molecule has 25 heavy (non-hydrogen) atoms. The van der Waals surface area contributed by atoms with E-state index in [9.17, 15) is 9.90 Å². The van der Waals surface area contributed by atoms with Crippen LogP contribution in [0, 0.1) is 6.92 Å². The molecule has 3 N–H and O–H groups in total. The third-order valence-corrected chi connectivity index (χ3v) is 6.70. The molecule has 0 saturated carbocycles. The number of halogens is 2. The molecule has 0 aliphatic heterocycles. The van der Waals surface area contributed by atoms with E-state index >= 15 is 0 Å². The van der Waals surface area contributed by atoms with Crippen molar-refractivity contribution in [3.05, 3.63) is 33.1 Å². The van der Waals surface area contributed by atoms with Crippen molar-refractivity contribution < 1.29 is 9.90 Å². The molecule has 1 aromatic carbocycles. The summed E-state index contributed by atoms with van der Waals surface area (Å²) >= 11 is 14.9. The summed E-state index contributed by atoms with van der Waals surface area (Å²) in [5.41, 5.74) is 0.798. The maximum Gasteiger partial charge on any atom is 0.323 e. The Balaban J connectivity index is 2.13. The van der Waals surface area contributed by atoms with Crippen LogP contribution in [0.3, 0.4) is 0 Å². The minimum Gasteiger partial charge on any atom is -0.504 e. The quantitative estimate of drug-likeness (QED) is 0.497. The first-order valence-corrected chi connectivity index (χ1v) is 9.99. The van der Waals surface area contributed by atoms with Crippen LogP contribution < -0.4 is 10.6 Å². The van der Waals surface area contributed by atoms with Gasteiger partial charge in [-0.1, -0.05) is 43.1 Å². The molecule has 0 unspecified atom stereocenters. The van der Waals surface area contributed by atoms with Gasteiger partial charge in [0.25, 0.3) is 0 Å². The van der Waals surface area contributed by atoms with Crippen molar-refractivity contribution in [3.63, 3.8) is 0 Å². The number of hydrogen-bond donors (Lipinski definition) is 3. The second kappa shape index (κ2) is 9.00. The smallest absolute Gasteiger partial charge is 0.323 e. The van der Waals surface area contributed by atoms with E-state index in [0.29, 0.717) is 16.4 Å². The number of rotatable bonds is 6. The Hall–Kier alpha value is -1.12. The summed E-state index contributed by atoms with van der Waals surface area (Å²) in [4.78, 5) is 13.1. The van der Waals surface area contributed by atoms with Crippen molar-refractivity contribution in [2.24, 2.45) is 0 Å². The van der Waals surface area contributed by atoms with E-state index in [-0.39, 0.29) is 10.8 Å². The zero-order chi connectivity index (χ0) is 18.6. The minimum absolute atomic E-state index is 0.0757. The molecule has 136 valence electrons. The summed E-state index contributed by atoms with van der Waals surface area (Å²) in [5, 5.41) is 16.4. The SMILES string of the molecule is CCN(CC)Sc1sc(C)c(NC(=O)Nc2cccc(Cl)c2Cl)c1O. The van der Waals surface area contributed by atoms with Crippen LogP contribution in [0.4, 0.5) is 16.2 Å². The van der Waals surface area contributed by atoms with E-state index in [1.807, 2.05) is 6.92 Å². The van der Waals surface area contributed by atoms with E-state index in [1.54, 1.807) is 18.2 Å². The van der Waals surface area contributed by atoms with Gasteiger partial charge < -0.3 is 15.7 Å². The second-order valence-corrected chi connectivity index (χ2v) is 8.43. The standard InChI is InChI=1S/C16H19Cl2N3O2S2/c1-4-21(5-2)25-15-14(22)13(9(3)24-15)20-16(23)19-11-8-6-7-10(17)12(11)18/h6-8,22H,4-5H2,1-3H3,(H2,19,20,23). The number of aryl methyl sites for hydroxylation is 1. The molecule has 9 heteroatoms. The van der Waals surface area contributed by atoms with Crippen LogP contribution >= 0.6 is 46.5 Å². The number of anilines is 2. The van der Waals surface area contributed by atoms with E-state index in [2.05, 4.69) is 28.8 Å². The van der Waals surface area contributed by atoms with Gasteiger partial charge in [-0.05, 0) is 31.0 Å². The lowest BCUT2D eigenvalue weighted by Crippen LogP contribution is -2.19. The van der Waals surface area contributed by atoms with Crippen LogP contribution in [0.25, 0.3) is 0 Å². The molecule has 0 spiro atoms. The molecule has 0 aliphatic carbocycles. The van der Waals surface area contributed by atoms with Crippen LogP contribution in [0.1, 0.15) is 18.7 Å². The average Bonchev–Trinajstić information content (AvgIpc) is 2.84. The number of hydrogen-bond acceptors (Lipinski definition) is 5. The van der Waals surface area contributed by atoms with Gasteiger partial charge in [0, 0.05) is 18.0 Å². The molecular formula is C16H19Cl2N3O2S2. The van der Waals surface area contributed by atoms with Gasteiger partial charge >= 0.3 is 6.03 Å². The molecule has 1 aromatic heterocycles. The Morgan fingerprint density at radius 3 is 2.60 bits per heavy atom. The molecule has 0 aliphatic rings. The van der Waals surface area contributed by atoms with Gasteiger partial charge in [0.1, 0.15) is 4.21 Å². The molecule has 2 amide bonds. The van der Waals surface area contributed by atoms with Gasteiger partial charge in [0.2, 0.25) is 0 Å². The van der Waals surface area contributed by atoms with Crippen molar-refractivity contribution >= 4 is 63.9 Å². The Morgan fingerprint density at radius 2 is 1.96 bits per heavy atom. The fourth-order valence-electron chi connectivity index (χ4n) is 2.05. The molecule has 0 atom stereocenters. The van der Waals surface area contributed by atoms with Gasteiger partial charge in [-0.25, -0.2) is 9.10 Å². The highest BCUT2D eigenvalue weighted by Gasteiger charge is 2.20. The maximum atomic E-state index is 12.2. The molecule has 0 saturated heterocycles. The van der Waals surface area contributed by atoms with Gasteiger partial charge in [0.05, 0.1) is 21.4 Å². The van der Waals surface area contributed by atoms with Crippen molar-refractivity contribution in [2.75, 3.05) is 23.7 Å². The number of carbonyl (C=O) groups excluding carboxylic acids is 1. The highest BCUT2D eigenvalue weighted by atomic mass is 35.5. The van der Waals surface area contributed by atoms with Crippen LogP contribution in [-0.4, -0.2) is 28.5 Å². The number of urea groups is 1. The van der Waals surface area contributed by atoms with Crippen molar-refractivity contribution in [1.82, 2.24) is 4.31 Å². The van der Waals surface area contributed by atoms with Gasteiger partial charge in [0.15, 0.2) is 5.75 Å². The first kappa shape index (κ1) is 20.2. The summed E-state index contributed by atoms with van der Waals surface area (Å²) in [6.07, 6.45) is 0. The lowest BCUT2D eigenvalue weighted by molar-refractivity contribution is 0.262. The van der Waals surface area contributed by atoms with Gasteiger partial charge in [-0.2, -0.15) is 0 Å². The fraction of sp³-hybridized carbons (Fsp3) is 0.312. The Bertz CT molecular complexity index is 764. The second-order valence-electron chi connectivity index (χ2n) is 5.06. The molecule has 0 fully saturated rings. The summed E-state index contributed by atoms with van der Waals surface area (Å²) in [7, 11) is 0. The van der Waals surface area contributed by atoms with E-state index in [4.69, 9.17) is 23.2 Å². The number of nitrogens with zero attached hydrogens (tertiary/aromatic N) is 1. The monoisotopic (exact) mass is 419 g/mol. The molecule has 0 bridgehead atoms. The molecular weight excluding hydrogens is 401 g/mol. The van der Waals surface area contributed by atoms with Crippen LogP contribution in [0.2, 0.25) is 10.0 Å². The summed E-state index contributed by atoms with van der Waals surface area (Å²) < 4.78 is 2.86. The molecule has 2 aromatic rings. The van der Waals surface area contributed by atoms with Gasteiger partial charge in [-0.3, -0.25) is 0 Å². The zero-order valence-electron chi connectivity index (χ0n) is 14.0. The maximum absolute atomic E-state index is 12.2. The normalized spacial score (nSPS) is 11.0. The molecule has 1 heterocycles. The highest BCUT2D eigenvalue weighted by molar-refractivity contribution is 7.99. The Kier molecular flexibility index (Phi) is 7.27. The predicted molar refractivity (Wildman–Crippen MR) is 109 cm³/mol. The number of carbonyl (C=O) groups is 1. The first-order chi connectivity index (χ1) is 11.9. The molecule has 0 radical (unpaired) electrons. The fourth-order valence-corrected chi connectivity index (χ4v) is 4.65. The lowest BCUT2D eigenvalue weighted by Gasteiger charge is -2.15. The number of nitrogens with one attached hydrogen (secondary N) is 2. The topological polar surface area (TPSA) is 64.6 Å². The van der Waals surface area contributed by atoms with Crippen molar-refractivity contribution in [3.8, 4) is 5.75 Å². The third kappa shape index (κ3) is 4.95. The van der Waals surface area contributed by atoms with Crippen molar-refractivity contribution in [2.45, 2.75) is 25.0 Å². The number of benzene rings is 1. The highest BCUT2D eigenvalue weighted by Crippen LogP contribution is 2.45. The zero-order valence-corrected chi connectivity index (χ0v) is 17.2. The molecule has 2 rings (SSSR count). The number of amides is 2. The van der Waals surface area contributed by atoms with Gasteiger partial charge in [-0.15, -0.1) is 11.3 Å². The Morgan fingerprint density at radius 1 is 1.28 bits per heavy atom. The summed E-state index contributed by atoms with van der Waals surface area (Å²) in [5.74, 6) is 0.0757. The number of thiophene rings is 1. The molecule has 5 nitrogen and oxygen atoms in total. The first-order valence-electron chi connectivity index (χ1n) is 7.64. The lowest BCUT2D eigenvalue weighted by atomic mass is 10.3. The van der Waals surface area contributed by atoms with Crippen molar-refractivity contribution in [1.29, 1.82) is 0 Å².